The Morgan fingerprint density at radius 3 is 2.35 bits per heavy atom. The molecule has 0 bridgehead atoms. The van der Waals surface area contributed by atoms with E-state index in [9.17, 15) is 19.2 Å². The lowest BCUT2D eigenvalue weighted by molar-refractivity contribution is -0.148. The van der Waals surface area contributed by atoms with Gasteiger partial charge < -0.3 is 5.11 Å². The maximum atomic E-state index is 11.7. The first-order valence-corrected chi connectivity index (χ1v) is 5.33. The molecule has 1 N–H and O–H groups in total. The zero-order chi connectivity index (χ0) is 13.0. The first kappa shape index (κ1) is 13.1. The van der Waals surface area contributed by atoms with Gasteiger partial charge in [0.05, 0.1) is 0 Å². The lowest BCUT2D eigenvalue weighted by Gasteiger charge is -2.31. The fourth-order valence-electron chi connectivity index (χ4n) is 1.51. The summed E-state index contributed by atoms with van der Waals surface area (Å²) in [5.41, 5.74) is 0. The fraction of sp³-hybridized carbons (Fsp3) is 0.600. The number of amides is 4. The molecule has 0 aromatic rings. The van der Waals surface area contributed by atoms with Crippen molar-refractivity contribution in [3.63, 3.8) is 0 Å². The Morgan fingerprint density at radius 2 is 1.82 bits per heavy atom. The van der Waals surface area contributed by atoms with Crippen LogP contribution < -0.4 is 0 Å². The van der Waals surface area contributed by atoms with Crippen LogP contribution in [0, 0.1) is 0 Å². The van der Waals surface area contributed by atoms with Crippen LogP contribution >= 0.6 is 0 Å². The number of carbonyl (C=O) groups is 4. The molecular weight excluding hydrogens is 228 g/mol. The highest BCUT2D eigenvalue weighted by Gasteiger charge is 2.38. The molecule has 1 rings (SSSR count). The van der Waals surface area contributed by atoms with E-state index in [-0.39, 0.29) is 6.54 Å². The monoisotopic (exact) mass is 242 g/mol. The summed E-state index contributed by atoms with van der Waals surface area (Å²) >= 11 is 0. The number of hydrogen-bond acceptors (Lipinski definition) is 4. The predicted octanol–water partition coefficient (Wildman–Crippen LogP) is 0.0520. The number of urea groups is 1. The molecule has 94 valence electrons. The first-order valence-electron chi connectivity index (χ1n) is 5.33. The van der Waals surface area contributed by atoms with Gasteiger partial charge in [0.1, 0.15) is 13.0 Å². The molecule has 17 heavy (non-hydrogen) atoms. The van der Waals surface area contributed by atoms with E-state index in [0.29, 0.717) is 11.3 Å². The van der Waals surface area contributed by atoms with Crippen molar-refractivity contribution in [2.75, 3.05) is 13.1 Å². The topological polar surface area (TPSA) is 95.0 Å². The molecule has 1 saturated heterocycles. The number of barbiturate groups is 1. The number of carboxylic acids is 1. The van der Waals surface area contributed by atoms with Crippen molar-refractivity contribution >= 4 is 23.8 Å². The lowest BCUT2D eigenvalue weighted by atomic mass is 10.2. The van der Waals surface area contributed by atoms with Crippen LogP contribution in [0.3, 0.4) is 0 Å². The first-order chi connectivity index (χ1) is 7.97. The van der Waals surface area contributed by atoms with Gasteiger partial charge in [-0.05, 0) is 6.42 Å². The van der Waals surface area contributed by atoms with Gasteiger partial charge in [0.25, 0.3) is 0 Å². The molecule has 7 heteroatoms. The molecule has 1 fully saturated rings. The Balaban J connectivity index is 2.79. The van der Waals surface area contributed by atoms with Crippen LogP contribution in [0.2, 0.25) is 0 Å². The van der Waals surface area contributed by atoms with E-state index in [4.69, 9.17) is 5.11 Å². The zero-order valence-electron chi connectivity index (χ0n) is 9.51. The second-order valence-electron chi connectivity index (χ2n) is 3.73. The third kappa shape index (κ3) is 3.02. The molecular formula is C10H14N2O5. The number of carbonyl (C=O) groups excluding carboxylic acids is 3. The Morgan fingerprint density at radius 1 is 1.24 bits per heavy atom. The summed E-state index contributed by atoms with van der Waals surface area (Å²) < 4.78 is 0. The van der Waals surface area contributed by atoms with Crippen LogP contribution in [0.5, 0.6) is 0 Å². The maximum absolute atomic E-state index is 11.7. The van der Waals surface area contributed by atoms with Crippen LogP contribution in [0.15, 0.2) is 0 Å². The van der Waals surface area contributed by atoms with Gasteiger partial charge in [-0.1, -0.05) is 13.3 Å². The maximum Gasteiger partial charge on any atom is 0.333 e. The molecule has 0 aromatic heterocycles. The van der Waals surface area contributed by atoms with Gasteiger partial charge in [-0.25, -0.2) is 4.79 Å². The van der Waals surface area contributed by atoms with Gasteiger partial charge in [0.15, 0.2) is 0 Å². The second kappa shape index (κ2) is 5.42. The molecule has 0 aromatic carbocycles. The highest BCUT2D eigenvalue weighted by Crippen LogP contribution is 2.12. The fourth-order valence-corrected chi connectivity index (χ4v) is 1.51. The van der Waals surface area contributed by atoms with Gasteiger partial charge in [0.2, 0.25) is 11.8 Å². The van der Waals surface area contributed by atoms with Crippen LogP contribution in [-0.4, -0.2) is 51.8 Å². The summed E-state index contributed by atoms with van der Waals surface area (Å²) in [5, 5.41) is 8.58. The molecule has 0 unspecified atom stereocenters. The van der Waals surface area contributed by atoms with Crippen molar-refractivity contribution in [1.29, 1.82) is 0 Å². The number of nitrogens with zero attached hydrogens (tertiary/aromatic N) is 2. The van der Waals surface area contributed by atoms with Crippen molar-refractivity contribution < 1.29 is 24.3 Å². The zero-order valence-corrected chi connectivity index (χ0v) is 9.51. The summed E-state index contributed by atoms with van der Waals surface area (Å²) in [7, 11) is 0. The minimum Gasteiger partial charge on any atom is -0.480 e. The smallest absolute Gasteiger partial charge is 0.333 e. The van der Waals surface area contributed by atoms with Crippen molar-refractivity contribution in [3.05, 3.63) is 0 Å². The molecule has 0 spiro atoms. The van der Waals surface area contributed by atoms with E-state index in [1.807, 2.05) is 6.92 Å². The molecule has 0 aliphatic carbocycles. The van der Waals surface area contributed by atoms with Crippen molar-refractivity contribution in [2.24, 2.45) is 0 Å². The second-order valence-corrected chi connectivity index (χ2v) is 3.73. The molecule has 1 heterocycles. The minimum atomic E-state index is -1.28. The Hall–Kier alpha value is -1.92. The Labute approximate surface area is 98.0 Å². The summed E-state index contributed by atoms with van der Waals surface area (Å²) in [6.45, 7) is 1.42. The molecule has 1 aliphatic heterocycles. The Bertz CT molecular complexity index is 366. The third-order valence-corrected chi connectivity index (χ3v) is 2.40. The third-order valence-electron chi connectivity index (χ3n) is 2.40. The Kier molecular flexibility index (Phi) is 4.19. The van der Waals surface area contributed by atoms with Crippen LogP contribution in [0.25, 0.3) is 0 Å². The average Bonchev–Trinajstić information content (AvgIpc) is 2.23. The number of aliphatic carboxylic acids is 1. The highest BCUT2D eigenvalue weighted by atomic mass is 16.4. The summed E-state index contributed by atoms with van der Waals surface area (Å²) in [4.78, 5) is 46.6. The van der Waals surface area contributed by atoms with Crippen molar-refractivity contribution in [2.45, 2.75) is 26.2 Å². The van der Waals surface area contributed by atoms with Crippen molar-refractivity contribution in [3.8, 4) is 0 Å². The van der Waals surface area contributed by atoms with E-state index in [2.05, 4.69) is 0 Å². The van der Waals surface area contributed by atoms with Crippen LogP contribution in [0.4, 0.5) is 4.79 Å². The summed E-state index contributed by atoms with van der Waals surface area (Å²) in [6.07, 6.45) is 0.985. The number of carboxylic acid groups (broad SMARTS) is 1. The molecule has 0 radical (unpaired) electrons. The van der Waals surface area contributed by atoms with E-state index in [1.165, 1.54) is 0 Å². The predicted molar refractivity (Wildman–Crippen MR) is 56.0 cm³/mol. The van der Waals surface area contributed by atoms with E-state index in [1.54, 1.807) is 0 Å². The quantitative estimate of drug-likeness (QED) is 0.687. The summed E-state index contributed by atoms with van der Waals surface area (Å²) in [6, 6.07) is -0.831. The SMILES string of the molecule is CCCCN1C(=O)CC(=O)N(CC(=O)O)C1=O. The van der Waals surface area contributed by atoms with Crippen LogP contribution in [-0.2, 0) is 14.4 Å². The largest absolute Gasteiger partial charge is 0.480 e. The molecule has 1 aliphatic rings. The minimum absolute atomic E-state index is 0.220. The molecule has 7 nitrogen and oxygen atoms in total. The average molecular weight is 242 g/mol. The normalized spacial score (nSPS) is 16.6. The van der Waals surface area contributed by atoms with Gasteiger partial charge >= 0.3 is 12.0 Å². The summed E-state index contributed by atoms with van der Waals surface area (Å²) in [5.74, 6) is -2.60. The van der Waals surface area contributed by atoms with Gasteiger partial charge in [-0.2, -0.15) is 0 Å². The standard InChI is InChI=1S/C10H14N2O5/c1-2-3-4-11-7(13)5-8(14)12(10(11)17)6-9(15)16/h2-6H2,1H3,(H,15,16). The number of unbranched alkanes of at least 4 members (excludes halogenated alkanes) is 1. The molecule has 4 amide bonds. The number of rotatable bonds is 5. The van der Waals surface area contributed by atoms with Gasteiger partial charge in [-0.3, -0.25) is 24.2 Å². The van der Waals surface area contributed by atoms with Crippen LogP contribution in [0.1, 0.15) is 26.2 Å². The van der Waals surface area contributed by atoms with Crippen molar-refractivity contribution in [1.82, 2.24) is 9.80 Å². The molecule has 0 atom stereocenters. The van der Waals surface area contributed by atoms with E-state index < -0.39 is 36.8 Å². The lowest BCUT2D eigenvalue weighted by Crippen LogP contribution is -2.56. The number of hydrogen-bond donors (Lipinski definition) is 1. The molecule has 0 saturated carbocycles. The van der Waals surface area contributed by atoms with E-state index >= 15 is 0 Å². The highest BCUT2D eigenvalue weighted by molar-refractivity contribution is 6.14. The number of imide groups is 2. The van der Waals surface area contributed by atoms with E-state index in [0.717, 1.165) is 11.3 Å². The van der Waals surface area contributed by atoms with Gasteiger partial charge in [0, 0.05) is 6.54 Å². The van der Waals surface area contributed by atoms with Gasteiger partial charge in [-0.15, -0.1) is 0 Å².